The number of ether oxygens (including phenoxy) is 1. The Morgan fingerprint density at radius 3 is 2.35 bits per heavy atom. The van der Waals surface area contributed by atoms with Gasteiger partial charge in [0.1, 0.15) is 5.75 Å². The molecule has 2 rings (SSSR count). The highest BCUT2D eigenvalue weighted by Crippen LogP contribution is 2.29. The van der Waals surface area contributed by atoms with Gasteiger partial charge >= 0.3 is 0 Å². The van der Waals surface area contributed by atoms with E-state index in [-0.39, 0.29) is 12.5 Å². The summed E-state index contributed by atoms with van der Waals surface area (Å²) in [5.41, 5.74) is 3.01. The Bertz CT molecular complexity index is 725. The Kier molecular flexibility index (Phi) is 7.51. The van der Waals surface area contributed by atoms with E-state index >= 15 is 0 Å². The predicted octanol–water partition coefficient (Wildman–Crippen LogP) is 5.44. The van der Waals surface area contributed by atoms with E-state index < -0.39 is 0 Å². The van der Waals surface area contributed by atoms with E-state index in [1.165, 1.54) is 0 Å². The molecule has 2 aromatic rings. The molecule has 5 heteroatoms. The van der Waals surface area contributed by atoms with Crippen molar-refractivity contribution in [1.29, 1.82) is 0 Å². The van der Waals surface area contributed by atoms with Crippen LogP contribution in [0.4, 0.5) is 11.4 Å². The van der Waals surface area contributed by atoms with Crippen LogP contribution in [-0.4, -0.2) is 25.6 Å². The van der Waals surface area contributed by atoms with Gasteiger partial charge in [-0.25, -0.2) is 0 Å². The van der Waals surface area contributed by atoms with Crippen LogP contribution >= 0.6 is 15.9 Å². The van der Waals surface area contributed by atoms with Crippen molar-refractivity contribution < 1.29 is 9.53 Å². The molecule has 0 spiro atoms. The van der Waals surface area contributed by atoms with Crippen molar-refractivity contribution in [3.63, 3.8) is 0 Å². The number of anilines is 2. The Labute approximate surface area is 164 Å². The molecule has 0 aromatic heterocycles. The fourth-order valence-electron chi connectivity index (χ4n) is 2.79. The van der Waals surface area contributed by atoms with Gasteiger partial charge in [0, 0.05) is 28.9 Å². The van der Waals surface area contributed by atoms with Crippen LogP contribution in [0.25, 0.3) is 0 Å². The molecule has 0 aliphatic heterocycles. The van der Waals surface area contributed by atoms with Gasteiger partial charge in [-0.2, -0.15) is 0 Å². The molecule has 0 fully saturated rings. The number of halogens is 1. The Morgan fingerprint density at radius 2 is 1.77 bits per heavy atom. The van der Waals surface area contributed by atoms with Gasteiger partial charge in [0.05, 0.1) is 0 Å². The number of rotatable bonds is 8. The fourth-order valence-corrected chi connectivity index (χ4v) is 3.17. The number of amides is 1. The lowest BCUT2D eigenvalue weighted by molar-refractivity contribution is -0.118. The topological polar surface area (TPSA) is 41.6 Å². The molecular weight excluding hydrogens is 392 g/mol. The van der Waals surface area contributed by atoms with Crippen LogP contribution in [-0.2, 0) is 4.79 Å². The molecule has 0 aliphatic carbocycles. The number of nitrogens with zero attached hydrogens (tertiary/aromatic N) is 1. The molecule has 4 nitrogen and oxygen atoms in total. The van der Waals surface area contributed by atoms with Gasteiger partial charge in [0.15, 0.2) is 6.61 Å². The largest absolute Gasteiger partial charge is 0.483 e. The molecule has 0 saturated heterocycles. The summed E-state index contributed by atoms with van der Waals surface area (Å²) in [6.45, 7) is 10.4. The third-order valence-corrected chi connectivity index (χ3v) is 4.73. The van der Waals surface area contributed by atoms with E-state index in [0.29, 0.717) is 5.92 Å². The maximum absolute atomic E-state index is 12.2. The molecule has 0 unspecified atom stereocenters. The highest BCUT2D eigenvalue weighted by molar-refractivity contribution is 9.10. The predicted molar refractivity (Wildman–Crippen MR) is 112 cm³/mol. The minimum Gasteiger partial charge on any atom is -0.483 e. The van der Waals surface area contributed by atoms with Crippen LogP contribution < -0.4 is 15.0 Å². The highest BCUT2D eigenvalue weighted by atomic mass is 79.9. The number of hydrogen-bond donors (Lipinski definition) is 1. The van der Waals surface area contributed by atoms with Gasteiger partial charge in [-0.05, 0) is 67.8 Å². The van der Waals surface area contributed by atoms with Crippen molar-refractivity contribution in [1.82, 2.24) is 0 Å². The van der Waals surface area contributed by atoms with Gasteiger partial charge < -0.3 is 15.0 Å². The molecule has 0 saturated carbocycles. The lowest BCUT2D eigenvalue weighted by atomic mass is 10.0. The lowest BCUT2D eigenvalue weighted by Crippen LogP contribution is -2.22. The van der Waals surface area contributed by atoms with Crippen molar-refractivity contribution in [2.24, 2.45) is 0 Å². The smallest absolute Gasteiger partial charge is 0.262 e. The summed E-state index contributed by atoms with van der Waals surface area (Å²) >= 11 is 3.48. The summed E-state index contributed by atoms with van der Waals surface area (Å²) in [4.78, 5) is 14.5. The zero-order chi connectivity index (χ0) is 19.1. The zero-order valence-electron chi connectivity index (χ0n) is 15.9. The van der Waals surface area contributed by atoms with Crippen molar-refractivity contribution in [2.75, 3.05) is 29.9 Å². The summed E-state index contributed by atoms with van der Waals surface area (Å²) < 4.78 is 6.75. The van der Waals surface area contributed by atoms with E-state index in [4.69, 9.17) is 4.74 Å². The third kappa shape index (κ3) is 5.49. The standard InChI is InChI=1S/C21H27BrN2O2/c1-5-24(6-2)18-10-8-17(9-11-18)23-21(25)14-26-20-12-7-16(22)13-19(20)15(3)4/h7-13,15H,5-6,14H2,1-4H3,(H,23,25). The Morgan fingerprint density at radius 1 is 1.12 bits per heavy atom. The zero-order valence-corrected chi connectivity index (χ0v) is 17.5. The minimum atomic E-state index is -0.168. The van der Waals surface area contributed by atoms with Crippen LogP contribution in [0.15, 0.2) is 46.9 Å². The van der Waals surface area contributed by atoms with Gasteiger partial charge in [0.2, 0.25) is 0 Å². The molecule has 0 bridgehead atoms. The van der Waals surface area contributed by atoms with Crippen molar-refractivity contribution in [2.45, 2.75) is 33.6 Å². The fraction of sp³-hybridized carbons (Fsp3) is 0.381. The first kappa shape index (κ1) is 20.3. The molecule has 2 aromatic carbocycles. The second-order valence-electron chi connectivity index (χ2n) is 6.39. The monoisotopic (exact) mass is 418 g/mol. The van der Waals surface area contributed by atoms with E-state index in [2.05, 4.69) is 53.8 Å². The summed E-state index contributed by atoms with van der Waals surface area (Å²) in [5.74, 6) is 0.895. The molecule has 0 atom stereocenters. The Balaban J connectivity index is 1.95. The number of carbonyl (C=O) groups is 1. The van der Waals surface area contributed by atoms with E-state index in [1.807, 2.05) is 42.5 Å². The molecule has 0 heterocycles. The first-order chi connectivity index (χ1) is 12.4. The number of benzene rings is 2. The second kappa shape index (κ2) is 9.62. The number of carbonyl (C=O) groups excluding carboxylic acids is 1. The summed E-state index contributed by atoms with van der Waals surface area (Å²) in [6.07, 6.45) is 0. The second-order valence-corrected chi connectivity index (χ2v) is 7.31. The average Bonchev–Trinajstić information content (AvgIpc) is 2.63. The SMILES string of the molecule is CCN(CC)c1ccc(NC(=O)COc2ccc(Br)cc2C(C)C)cc1. The van der Waals surface area contributed by atoms with Crippen molar-refractivity contribution >= 4 is 33.2 Å². The van der Waals surface area contributed by atoms with Crippen LogP contribution in [0.5, 0.6) is 5.75 Å². The molecule has 0 aliphatic rings. The normalized spacial score (nSPS) is 10.7. The molecule has 0 radical (unpaired) electrons. The summed E-state index contributed by atoms with van der Waals surface area (Å²) in [7, 11) is 0. The van der Waals surface area contributed by atoms with Crippen molar-refractivity contribution in [3.05, 3.63) is 52.5 Å². The number of nitrogens with one attached hydrogen (secondary N) is 1. The summed E-state index contributed by atoms with van der Waals surface area (Å²) in [5, 5.41) is 2.88. The van der Waals surface area contributed by atoms with Crippen molar-refractivity contribution in [3.8, 4) is 5.75 Å². The average molecular weight is 419 g/mol. The molecular formula is C21H27BrN2O2. The Hall–Kier alpha value is -2.01. The molecule has 140 valence electrons. The van der Waals surface area contributed by atoms with Gasteiger partial charge in [0.25, 0.3) is 5.91 Å². The van der Waals surface area contributed by atoms with E-state index in [1.54, 1.807) is 0 Å². The molecule has 26 heavy (non-hydrogen) atoms. The quantitative estimate of drug-likeness (QED) is 0.620. The maximum atomic E-state index is 12.2. The van der Waals surface area contributed by atoms with Crippen LogP contribution in [0.2, 0.25) is 0 Å². The maximum Gasteiger partial charge on any atom is 0.262 e. The van der Waals surface area contributed by atoms with Gasteiger partial charge in [-0.1, -0.05) is 29.8 Å². The highest BCUT2D eigenvalue weighted by Gasteiger charge is 2.11. The van der Waals surface area contributed by atoms with Crippen LogP contribution in [0.3, 0.4) is 0 Å². The molecule has 1 amide bonds. The van der Waals surface area contributed by atoms with Gasteiger partial charge in [-0.15, -0.1) is 0 Å². The number of hydrogen-bond acceptors (Lipinski definition) is 3. The van der Waals surface area contributed by atoms with Crippen LogP contribution in [0.1, 0.15) is 39.2 Å². The third-order valence-electron chi connectivity index (χ3n) is 4.23. The van der Waals surface area contributed by atoms with E-state index in [9.17, 15) is 4.79 Å². The lowest BCUT2D eigenvalue weighted by Gasteiger charge is -2.21. The van der Waals surface area contributed by atoms with Crippen LogP contribution in [0, 0.1) is 0 Å². The molecule has 1 N–H and O–H groups in total. The van der Waals surface area contributed by atoms with Gasteiger partial charge in [-0.3, -0.25) is 4.79 Å². The minimum absolute atomic E-state index is 0.0147. The van der Waals surface area contributed by atoms with E-state index in [0.717, 1.165) is 40.2 Å². The first-order valence-electron chi connectivity index (χ1n) is 9.01. The first-order valence-corrected chi connectivity index (χ1v) is 9.81. The summed E-state index contributed by atoms with van der Waals surface area (Å²) in [6, 6.07) is 13.7.